The molecule has 1 atom stereocenters. The summed E-state index contributed by atoms with van der Waals surface area (Å²) in [5.74, 6) is -0.713. The number of nitrogens with zero attached hydrogens (tertiary/aromatic N) is 1. The summed E-state index contributed by atoms with van der Waals surface area (Å²) in [4.78, 5) is 25.1. The van der Waals surface area contributed by atoms with Gasteiger partial charge in [-0.25, -0.2) is 4.79 Å². The standard InChI is InChI=1S/C16H20N2O3/c1-2-10-21-16(20)12-5-7-14(8-6-12)18-9-3-4-13(11-18)15(17)19/h2,5-8,13H,1,3-4,9-11H2,(H2,17,19)/t13-/m1/s1. The third kappa shape index (κ3) is 3.84. The lowest BCUT2D eigenvalue weighted by atomic mass is 9.97. The van der Waals surface area contributed by atoms with Crippen LogP contribution in [-0.2, 0) is 9.53 Å². The van der Waals surface area contributed by atoms with E-state index in [-0.39, 0.29) is 24.4 Å². The van der Waals surface area contributed by atoms with Gasteiger partial charge in [0.05, 0.1) is 11.5 Å². The molecule has 1 aliphatic rings. The number of esters is 1. The van der Waals surface area contributed by atoms with E-state index in [0.29, 0.717) is 12.1 Å². The fraction of sp³-hybridized carbons (Fsp3) is 0.375. The Morgan fingerprint density at radius 2 is 2.10 bits per heavy atom. The first-order valence-corrected chi connectivity index (χ1v) is 7.04. The van der Waals surface area contributed by atoms with Gasteiger partial charge in [0.1, 0.15) is 6.61 Å². The molecule has 0 bridgehead atoms. The lowest BCUT2D eigenvalue weighted by molar-refractivity contribution is -0.122. The molecule has 0 aliphatic carbocycles. The minimum atomic E-state index is -0.366. The van der Waals surface area contributed by atoms with Crippen LogP contribution in [0.1, 0.15) is 23.2 Å². The van der Waals surface area contributed by atoms with Gasteiger partial charge in [-0.05, 0) is 37.1 Å². The van der Waals surface area contributed by atoms with Gasteiger partial charge in [0.2, 0.25) is 5.91 Å². The summed E-state index contributed by atoms with van der Waals surface area (Å²) in [6, 6.07) is 7.20. The smallest absolute Gasteiger partial charge is 0.338 e. The Morgan fingerprint density at radius 1 is 1.38 bits per heavy atom. The van der Waals surface area contributed by atoms with Crippen molar-refractivity contribution in [3.8, 4) is 0 Å². The average molecular weight is 288 g/mol. The maximum Gasteiger partial charge on any atom is 0.338 e. The zero-order valence-electron chi connectivity index (χ0n) is 12.0. The molecule has 1 saturated heterocycles. The predicted molar refractivity (Wildman–Crippen MR) is 81.1 cm³/mol. The number of carbonyl (C=O) groups excluding carboxylic acids is 2. The molecule has 5 nitrogen and oxygen atoms in total. The molecular weight excluding hydrogens is 268 g/mol. The molecule has 0 radical (unpaired) electrons. The Balaban J connectivity index is 2.03. The first-order valence-electron chi connectivity index (χ1n) is 7.04. The molecule has 112 valence electrons. The van der Waals surface area contributed by atoms with Crippen molar-refractivity contribution >= 4 is 17.6 Å². The van der Waals surface area contributed by atoms with E-state index in [1.807, 2.05) is 12.1 Å². The molecular formula is C16H20N2O3. The molecule has 1 aromatic carbocycles. The maximum atomic E-state index is 11.7. The lowest BCUT2D eigenvalue weighted by Gasteiger charge is -2.33. The van der Waals surface area contributed by atoms with E-state index in [1.54, 1.807) is 12.1 Å². The number of ether oxygens (including phenoxy) is 1. The first-order chi connectivity index (χ1) is 10.1. The van der Waals surface area contributed by atoms with Gasteiger partial charge < -0.3 is 15.4 Å². The van der Waals surface area contributed by atoms with Crippen molar-refractivity contribution < 1.29 is 14.3 Å². The van der Waals surface area contributed by atoms with Crippen molar-refractivity contribution in [1.29, 1.82) is 0 Å². The van der Waals surface area contributed by atoms with Crippen LogP contribution in [0.4, 0.5) is 5.69 Å². The minimum absolute atomic E-state index is 0.101. The fourth-order valence-electron chi connectivity index (χ4n) is 2.47. The number of hydrogen-bond donors (Lipinski definition) is 1. The highest BCUT2D eigenvalue weighted by Crippen LogP contribution is 2.23. The largest absolute Gasteiger partial charge is 0.458 e. The number of carbonyl (C=O) groups is 2. The molecule has 1 amide bonds. The Kier molecular flexibility index (Phi) is 4.98. The van der Waals surface area contributed by atoms with Gasteiger partial charge in [-0.15, -0.1) is 0 Å². The SMILES string of the molecule is C=CCOC(=O)c1ccc(N2CCC[C@@H](C(N)=O)C2)cc1. The van der Waals surface area contributed by atoms with Crippen molar-refractivity contribution in [2.24, 2.45) is 11.7 Å². The molecule has 5 heteroatoms. The van der Waals surface area contributed by atoms with Crippen molar-refractivity contribution in [3.05, 3.63) is 42.5 Å². The normalized spacial score (nSPS) is 18.1. The molecule has 21 heavy (non-hydrogen) atoms. The monoisotopic (exact) mass is 288 g/mol. The zero-order valence-corrected chi connectivity index (χ0v) is 12.0. The van der Waals surface area contributed by atoms with Crippen LogP contribution in [0.5, 0.6) is 0 Å². The Labute approximate surface area is 124 Å². The summed E-state index contributed by atoms with van der Waals surface area (Å²) in [6.07, 6.45) is 3.32. The van der Waals surface area contributed by atoms with Gasteiger partial charge >= 0.3 is 5.97 Å². The Bertz CT molecular complexity index is 525. The molecule has 1 aliphatic heterocycles. The highest BCUT2D eigenvalue weighted by Gasteiger charge is 2.24. The number of anilines is 1. The summed E-state index contributed by atoms with van der Waals surface area (Å²) >= 11 is 0. The fourth-order valence-corrected chi connectivity index (χ4v) is 2.47. The van der Waals surface area contributed by atoms with E-state index in [2.05, 4.69) is 11.5 Å². The second-order valence-corrected chi connectivity index (χ2v) is 5.12. The number of nitrogens with two attached hydrogens (primary N) is 1. The number of rotatable bonds is 5. The number of benzene rings is 1. The summed E-state index contributed by atoms with van der Waals surface area (Å²) in [5.41, 5.74) is 6.87. The van der Waals surface area contributed by atoms with Crippen LogP contribution in [0.3, 0.4) is 0 Å². The molecule has 1 heterocycles. The van der Waals surface area contributed by atoms with Crippen molar-refractivity contribution in [1.82, 2.24) is 0 Å². The molecule has 0 saturated carbocycles. The highest BCUT2D eigenvalue weighted by molar-refractivity contribution is 5.89. The third-order valence-corrected chi connectivity index (χ3v) is 3.62. The van der Waals surface area contributed by atoms with E-state index in [9.17, 15) is 9.59 Å². The van der Waals surface area contributed by atoms with Crippen molar-refractivity contribution in [3.63, 3.8) is 0 Å². The molecule has 0 aromatic heterocycles. The van der Waals surface area contributed by atoms with Crippen molar-refractivity contribution in [2.45, 2.75) is 12.8 Å². The van der Waals surface area contributed by atoms with Crippen LogP contribution in [0.15, 0.2) is 36.9 Å². The van der Waals surface area contributed by atoms with E-state index in [1.165, 1.54) is 6.08 Å². The number of primary amides is 1. The first kappa shape index (κ1) is 15.1. The molecule has 2 rings (SSSR count). The highest BCUT2D eigenvalue weighted by atomic mass is 16.5. The lowest BCUT2D eigenvalue weighted by Crippen LogP contribution is -2.41. The van der Waals surface area contributed by atoms with Crippen LogP contribution < -0.4 is 10.6 Å². The topological polar surface area (TPSA) is 72.6 Å². The molecule has 1 fully saturated rings. The quantitative estimate of drug-likeness (QED) is 0.661. The molecule has 1 aromatic rings. The van der Waals surface area contributed by atoms with Gasteiger partial charge in [-0.1, -0.05) is 12.7 Å². The Morgan fingerprint density at radius 3 is 2.71 bits per heavy atom. The summed E-state index contributed by atoms with van der Waals surface area (Å²) < 4.78 is 4.98. The third-order valence-electron chi connectivity index (χ3n) is 3.62. The van der Waals surface area contributed by atoms with E-state index in [4.69, 9.17) is 10.5 Å². The minimum Gasteiger partial charge on any atom is -0.458 e. The second-order valence-electron chi connectivity index (χ2n) is 5.12. The van der Waals surface area contributed by atoms with E-state index in [0.717, 1.165) is 25.1 Å². The zero-order chi connectivity index (χ0) is 15.2. The van der Waals surface area contributed by atoms with Crippen LogP contribution in [0.25, 0.3) is 0 Å². The van der Waals surface area contributed by atoms with Crippen LogP contribution in [0, 0.1) is 5.92 Å². The predicted octanol–water partition coefficient (Wildman–Crippen LogP) is 1.73. The van der Waals surface area contributed by atoms with Gasteiger partial charge in [0.15, 0.2) is 0 Å². The molecule has 0 unspecified atom stereocenters. The van der Waals surface area contributed by atoms with Crippen LogP contribution in [-0.4, -0.2) is 31.6 Å². The Hall–Kier alpha value is -2.30. The van der Waals surface area contributed by atoms with Crippen molar-refractivity contribution in [2.75, 3.05) is 24.6 Å². The van der Waals surface area contributed by atoms with Crippen LogP contribution >= 0.6 is 0 Å². The summed E-state index contributed by atoms with van der Waals surface area (Å²) in [7, 11) is 0. The average Bonchev–Trinajstić information content (AvgIpc) is 2.53. The van der Waals surface area contributed by atoms with Crippen LogP contribution in [0.2, 0.25) is 0 Å². The van der Waals surface area contributed by atoms with E-state index >= 15 is 0 Å². The molecule has 0 spiro atoms. The van der Waals surface area contributed by atoms with Gasteiger partial charge in [-0.2, -0.15) is 0 Å². The number of hydrogen-bond acceptors (Lipinski definition) is 4. The van der Waals surface area contributed by atoms with E-state index < -0.39 is 0 Å². The number of amides is 1. The second kappa shape index (κ2) is 6.92. The summed E-state index contributed by atoms with van der Waals surface area (Å²) in [6.45, 7) is 5.23. The molecule has 2 N–H and O–H groups in total. The van der Waals surface area contributed by atoms with Gasteiger partial charge in [0.25, 0.3) is 0 Å². The summed E-state index contributed by atoms with van der Waals surface area (Å²) in [5, 5.41) is 0. The maximum absolute atomic E-state index is 11.7. The van der Waals surface area contributed by atoms with Gasteiger partial charge in [0, 0.05) is 18.8 Å². The number of piperidine rings is 1. The van der Waals surface area contributed by atoms with Gasteiger partial charge in [-0.3, -0.25) is 4.79 Å².